The maximum absolute atomic E-state index is 11.8. The van der Waals surface area contributed by atoms with Gasteiger partial charge in [-0.15, -0.1) is 0 Å². The molecule has 2 N–H and O–H groups in total. The van der Waals surface area contributed by atoms with Crippen molar-refractivity contribution >= 4 is 63.8 Å². The number of nitrogens with zero attached hydrogens (tertiary/aromatic N) is 1. The van der Waals surface area contributed by atoms with E-state index in [4.69, 9.17) is 34.8 Å². The van der Waals surface area contributed by atoms with Gasteiger partial charge in [-0.25, -0.2) is 4.79 Å². The molecule has 3 amide bonds. The predicted molar refractivity (Wildman–Crippen MR) is 96.4 cm³/mol. The topological polar surface area (TPSA) is 61.4 Å². The summed E-state index contributed by atoms with van der Waals surface area (Å²) in [4.78, 5) is 24.5. The SMILES string of the molecule is C=C1C(=O)NC(=O)N1c1cc(Cl)c(Nc2ccc(Cl)cc2)c(Cl)c1. The Balaban J connectivity index is 1.94. The summed E-state index contributed by atoms with van der Waals surface area (Å²) in [6, 6.07) is 9.45. The second-order valence-corrected chi connectivity index (χ2v) is 6.21. The Labute approximate surface area is 152 Å². The number of carbonyl (C=O) groups is 2. The van der Waals surface area contributed by atoms with E-state index in [1.165, 1.54) is 12.1 Å². The third-order valence-electron chi connectivity index (χ3n) is 3.35. The average Bonchev–Trinajstić information content (AvgIpc) is 2.77. The van der Waals surface area contributed by atoms with Crippen LogP contribution in [0.1, 0.15) is 0 Å². The second-order valence-electron chi connectivity index (χ2n) is 4.96. The average molecular weight is 383 g/mol. The Kier molecular flexibility index (Phi) is 4.41. The molecule has 24 heavy (non-hydrogen) atoms. The van der Waals surface area contributed by atoms with Gasteiger partial charge in [0.15, 0.2) is 0 Å². The predicted octanol–water partition coefficient (Wildman–Crippen LogP) is 4.96. The largest absolute Gasteiger partial charge is 0.353 e. The summed E-state index contributed by atoms with van der Waals surface area (Å²) in [7, 11) is 0. The van der Waals surface area contributed by atoms with Gasteiger partial charge in [-0.05, 0) is 36.4 Å². The summed E-state index contributed by atoms with van der Waals surface area (Å²) in [6.45, 7) is 3.58. The minimum atomic E-state index is -0.601. The summed E-state index contributed by atoms with van der Waals surface area (Å²) in [5, 5.41) is 6.41. The molecular weight excluding hydrogens is 373 g/mol. The second kappa shape index (κ2) is 6.36. The zero-order valence-corrected chi connectivity index (χ0v) is 14.3. The first kappa shape index (κ1) is 16.6. The highest BCUT2D eigenvalue weighted by atomic mass is 35.5. The Hall–Kier alpha value is -2.21. The van der Waals surface area contributed by atoms with Crippen LogP contribution in [0.25, 0.3) is 0 Å². The lowest BCUT2D eigenvalue weighted by Crippen LogP contribution is -2.27. The molecule has 2 aromatic rings. The highest BCUT2D eigenvalue weighted by molar-refractivity contribution is 6.40. The molecule has 0 atom stereocenters. The Bertz CT molecular complexity index is 842. The van der Waals surface area contributed by atoms with Gasteiger partial charge in [-0.3, -0.25) is 15.0 Å². The van der Waals surface area contributed by atoms with Crippen LogP contribution in [-0.2, 0) is 4.79 Å². The van der Waals surface area contributed by atoms with Crippen molar-refractivity contribution in [1.29, 1.82) is 0 Å². The van der Waals surface area contributed by atoms with Crippen LogP contribution in [0.3, 0.4) is 0 Å². The van der Waals surface area contributed by atoms with Crippen molar-refractivity contribution in [3.05, 3.63) is 63.7 Å². The van der Waals surface area contributed by atoms with Crippen molar-refractivity contribution in [1.82, 2.24) is 5.32 Å². The smallest absolute Gasteiger partial charge is 0.333 e. The van der Waals surface area contributed by atoms with Gasteiger partial charge in [0.2, 0.25) is 0 Å². The van der Waals surface area contributed by atoms with Crippen LogP contribution >= 0.6 is 34.8 Å². The van der Waals surface area contributed by atoms with Crippen LogP contribution < -0.4 is 15.5 Å². The van der Waals surface area contributed by atoms with Gasteiger partial charge in [-0.1, -0.05) is 41.4 Å². The first-order valence-electron chi connectivity index (χ1n) is 6.73. The van der Waals surface area contributed by atoms with Gasteiger partial charge in [0.25, 0.3) is 5.91 Å². The van der Waals surface area contributed by atoms with Gasteiger partial charge in [-0.2, -0.15) is 0 Å². The van der Waals surface area contributed by atoms with Gasteiger partial charge in [0, 0.05) is 10.7 Å². The van der Waals surface area contributed by atoms with E-state index in [9.17, 15) is 9.59 Å². The van der Waals surface area contributed by atoms with Crippen molar-refractivity contribution in [3.8, 4) is 0 Å². The lowest BCUT2D eigenvalue weighted by molar-refractivity contribution is -0.115. The summed E-state index contributed by atoms with van der Waals surface area (Å²) in [6.07, 6.45) is 0. The van der Waals surface area contributed by atoms with Crippen LogP contribution in [0.15, 0.2) is 48.7 Å². The summed E-state index contributed by atoms with van der Waals surface area (Å²) in [5.74, 6) is -0.560. The number of imide groups is 1. The number of rotatable bonds is 3. The highest BCUT2D eigenvalue weighted by Crippen LogP contribution is 2.38. The van der Waals surface area contributed by atoms with Crippen molar-refractivity contribution in [2.24, 2.45) is 0 Å². The fourth-order valence-corrected chi connectivity index (χ4v) is 2.90. The number of hydrogen-bond donors (Lipinski definition) is 2. The van der Waals surface area contributed by atoms with E-state index in [1.807, 2.05) is 0 Å². The number of carbonyl (C=O) groups excluding carboxylic acids is 2. The van der Waals surface area contributed by atoms with Crippen molar-refractivity contribution in [2.45, 2.75) is 0 Å². The van der Waals surface area contributed by atoms with Crippen LogP contribution in [0.4, 0.5) is 21.9 Å². The van der Waals surface area contributed by atoms with Crippen molar-refractivity contribution in [2.75, 3.05) is 10.2 Å². The van der Waals surface area contributed by atoms with E-state index in [0.29, 0.717) is 16.4 Å². The number of urea groups is 1. The first-order chi connectivity index (χ1) is 11.4. The Morgan fingerprint density at radius 1 is 1.00 bits per heavy atom. The van der Waals surface area contributed by atoms with Crippen molar-refractivity contribution < 1.29 is 9.59 Å². The Morgan fingerprint density at radius 2 is 1.58 bits per heavy atom. The molecular formula is C16H10Cl3N3O2. The van der Waals surface area contributed by atoms with Gasteiger partial charge in [0.1, 0.15) is 5.70 Å². The normalized spacial score (nSPS) is 14.1. The zero-order valence-electron chi connectivity index (χ0n) is 12.1. The van der Waals surface area contributed by atoms with Gasteiger partial charge < -0.3 is 5.32 Å². The molecule has 122 valence electrons. The van der Waals surface area contributed by atoms with Crippen LogP contribution in [-0.4, -0.2) is 11.9 Å². The van der Waals surface area contributed by atoms with E-state index in [1.54, 1.807) is 24.3 Å². The molecule has 0 spiro atoms. The minimum absolute atomic E-state index is 0.00513. The van der Waals surface area contributed by atoms with E-state index in [-0.39, 0.29) is 15.7 Å². The number of nitrogens with one attached hydrogen (secondary N) is 2. The minimum Gasteiger partial charge on any atom is -0.353 e. The lowest BCUT2D eigenvalue weighted by atomic mass is 10.2. The van der Waals surface area contributed by atoms with Crippen LogP contribution in [0.5, 0.6) is 0 Å². The Morgan fingerprint density at radius 3 is 2.08 bits per heavy atom. The number of amides is 3. The van der Waals surface area contributed by atoms with Gasteiger partial charge >= 0.3 is 6.03 Å². The number of anilines is 3. The standard InChI is InChI=1S/C16H10Cl3N3O2/c1-8-15(23)21-16(24)22(8)11-6-12(18)14(13(19)7-11)20-10-4-2-9(17)3-5-10/h2-7,20H,1H2,(H,21,23,24). The molecule has 5 nitrogen and oxygen atoms in total. The fourth-order valence-electron chi connectivity index (χ4n) is 2.21. The quantitative estimate of drug-likeness (QED) is 0.582. The molecule has 0 aliphatic carbocycles. The van der Waals surface area contributed by atoms with Crippen LogP contribution in [0, 0.1) is 0 Å². The molecule has 1 aliphatic rings. The number of benzene rings is 2. The van der Waals surface area contributed by atoms with Gasteiger partial charge in [0.05, 0.1) is 21.4 Å². The lowest BCUT2D eigenvalue weighted by Gasteiger charge is -2.18. The molecule has 8 heteroatoms. The molecule has 0 unspecified atom stereocenters. The molecule has 0 aromatic heterocycles. The molecule has 1 fully saturated rings. The number of halogens is 3. The first-order valence-corrected chi connectivity index (χ1v) is 7.86. The summed E-state index contributed by atoms with van der Waals surface area (Å²) in [5.41, 5.74) is 1.57. The molecule has 0 bridgehead atoms. The summed E-state index contributed by atoms with van der Waals surface area (Å²) >= 11 is 18.4. The zero-order chi connectivity index (χ0) is 17.4. The maximum atomic E-state index is 11.8. The van der Waals surface area contributed by atoms with Crippen molar-refractivity contribution in [3.63, 3.8) is 0 Å². The summed E-state index contributed by atoms with van der Waals surface area (Å²) < 4.78 is 0. The molecule has 0 saturated carbocycles. The molecule has 0 radical (unpaired) electrons. The molecule has 1 heterocycles. The monoisotopic (exact) mass is 381 g/mol. The third-order valence-corrected chi connectivity index (χ3v) is 4.20. The molecule has 1 saturated heterocycles. The highest BCUT2D eigenvalue weighted by Gasteiger charge is 2.33. The maximum Gasteiger partial charge on any atom is 0.333 e. The fraction of sp³-hybridized carbons (Fsp3) is 0. The van der Waals surface area contributed by atoms with E-state index >= 15 is 0 Å². The van der Waals surface area contributed by atoms with Crippen LogP contribution in [0.2, 0.25) is 15.1 Å². The molecule has 1 aliphatic heterocycles. The molecule has 2 aromatic carbocycles. The van der Waals surface area contributed by atoms with E-state index in [0.717, 1.165) is 10.6 Å². The third kappa shape index (κ3) is 3.06. The van der Waals surface area contributed by atoms with E-state index < -0.39 is 11.9 Å². The van der Waals surface area contributed by atoms with E-state index in [2.05, 4.69) is 17.2 Å². The molecule has 3 rings (SSSR count). The number of hydrogen-bond acceptors (Lipinski definition) is 3.